The second-order valence-corrected chi connectivity index (χ2v) is 8.10. The molecule has 0 bridgehead atoms. The van der Waals surface area contributed by atoms with Crippen LogP contribution in [0.1, 0.15) is 37.3 Å². The minimum Gasteiger partial charge on any atom is -0.379 e. The van der Waals surface area contributed by atoms with Gasteiger partial charge in [0.25, 0.3) is 5.91 Å². The average molecular weight is 378 g/mol. The molecule has 4 unspecified atom stereocenters. The number of amides is 1. The molecule has 3 aliphatic heterocycles. The highest BCUT2D eigenvalue weighted by Crippen LogP contribution is 2.47. The van der Waals surface area contributed by atoms with Crippen LogP contribution in [0, 0.1) is 0 Å². The number of piperidine rings is 1. The lowest BCUT2D eigenvalue weighted by Crippen LogP contribution is -2.55. The number of aryl methyl sites for hydroxylation is 1. The van der Waals surface area contributed by atoms with Crippen LogP contribution in [-0.2, 0) is 11.2 Å². The fourth-order valence-corrected chi connectivity index (χ4v) is 5.46. The molecule has 0 spiro atoms. The molecule has 1 N–H and O–H groups in total. The average Bonchev–Trinajstić information content (AvgIpc) is 3.18. The van der Waals surface area contributed by atoms with Crippen molar-refractivity contribution in [1.29, 1.82) is 0 Å². The van der Waals surface area contributed by atoms with Crippen molar-refractivity contribution in [2.45, 2.75) is 50.7 Å². The molecule has 2 aromatic carbocycles. The Hall–Kier alpha value is -2.40. The van der Waals surface area contributed by atoms with E-state index in [0.717, 1.165) is 18.5 Å². The number of carbonyl (C=O) groups is 1. The number of hydrogen-bond donors (Lipinski definition) is 1. The van der Waals surface area contributed by atoms with E-state index in [2.05, 4.69) is 60.5 Å². The number of carbonyl (C=O) groups excluding carboxylic acids is 1. The summed E-state index contributed by atoms with van der Waals surface area (Å²) in [7, 11) is 0. The molecule has 2 fully saturated rings. The Balaban J connectivity index is 1.49. The van der Waals surface area contributed by atoms with Gasteiger partial charge in [-0.05, 0) is 61.3 Å². The number of nitrogens with one attached hydrogen (secondary N) is 1. The summed E-state index contributed by atoms with van der Waals surface area (Å²) in [4.78, 5) is 17.2. The first-order chi connectivity index (χ1) is 13.1. The van der Waals surface area contributed by atoms with Crippen LogP contribution in [0.25, 0.3) is 0 Å². The molecule has 4 atom stereocenters. The zero-order chi connectivity index (χ0) is 18.7. The lowest BCUT2D eigenvalue weighted by Gasteiger charge is -2.42. The first-order valence-corrected chi connectivity index (χ1v) is 10.1. The van der Waals surface area contributed by atoms with E-state index >= 15 is 0 Å². The van der Waals surface area contributed by atoms with E-state index in [-0.39, 0.29) is 24.0 Å². The predicted octanol–water partition coefficient (Wildman–Crippen LogP) is 3.92. The summed E-state index contributed by atoms with van der Waals surface area (Å²) in [5.74, 6) is 0.463. The Kier molecular flexibility index (Phi) is 3.76. The zero-order valence-electron chi connectivity index (χ0n) is 15.6. The molecule has 0 aromatic heterocycles. The molecule has 4 nitrogen and oxygen atoms in total. The van der Waals surface area contributed by atoms with Crippen molar-refractivity contribution in [2.24, 2.45) is 0 Å². The number of benzene rings is 2. The van der Waals surface area contributed by atoms with Crippen molar-refractivity contribution in [3.63, 3.8) is 0 Å². The summed E-state index contributed by atoms with van der Waals surface area (Å²) in [5.41, 5.74) is 4.67. The van der Waals surface area contributed by atoms with Crippen LogP contribution in [0.15, 0.2) is 48.5 Å². The highest BCUT2D eigenvalue weighted by Gasteiger charge is 2.54. The number of rotatable bonds is 2. The van der Waals surface area contributed by atoms with Gasteiger partial charge in [0.2, 0.25) is 0 Å². The quantitative estimate of drug-likeness (QED) is 0.805. The van der Waals surface area contributed by atoms with Crippen LogP contribution in [0.2, 0.25) is 0 Å². The lowest BCUT2D eigenvalue weighted by atomic mass is 9.81. The summed E-state index contributed by atoms with van der Waals surface area (Å²) in [5, 5.41) is 4.31. The van der Waals surface area contributed by atoms with Gasteiger partial charge in [-0.15, -0.1) is 0 Å². The second-order valence-electron chi connectivity index (χ2n) is 7.74. The third-order valence-corrected chi connectivity index (χ3v) is 6.80. The summed E-state index contributed by atoms with van der Waals surface area (Å²) < 4.78 is 0. The van der Waals surface area contributed by atoms with Gasteiger partial charge in [-0.1, -0.05) is 37.3 Å². The molecule has 27 heavy (non-hydrogen) atoms. The van der Waals surface area contributed by atoms with E-state index in [1.54, 1.807) is 4.90 Å². The highest BCUT2D eigenvalue weighted by molar-refractivity contribution is 7.80. The third kappa shape index (κ3) is 2.34. The molecule has 3 aliphatic rings. The Morgan fingerprint density at radius 2 is 1.89 bits per heavy atom. The molecular weight excluding hydrogens is 354 g/mol. The second kappa shape index (κ2) is 6.06. The van der Waals surface area contributed by atoms with Crippen LogP contribution in [0.4, 0.5) is 11.4 Å². The first kappa shape index (κ1) is 16.8. The normalized spacial score (nSPS) is 28.7. The maximum atomic E-state index is 13.3. The molecule has 5 rings (SSSR count). The van der Waals surface area contributed by atoms with Gasteiger partial charge in [-0.2, -0.15) is 0 Å². The predicted molar refractivity (Wildman–Crippen MR) is 112 cm³/mol. The molecule has 1 amide bonds. The van der Waals surface area contributed by atoms with Gasteiger partial charge in [0, 0.05) is 17.6 Å². The number of nitrogens with zero attached hydrogens (tertiary/aromatic N) is 2. The molecule has 3 heterocycles. The fraction of sp³-hybridized carbons (Fsp3) is 0.364. The van der Waals surface area contributed by atoms with E-state index in [0.29, 0.717) is 11.0 Å². The van der Waals surface area contributed by atoms with Crippen molar-refractivity contribution in [2.75, 3.05) is 10.2 Å². The molecule has 2 saturated heterocycles. The minimum atomic E-state index is -0.174. The van der Waals surface area contributed by atoms with Crippen molar-refractivity contribution < 1.29 is 4.79 Å². The Bertz CT molecular complexity index is 925. The lowest BCUT2D eigenvalue weighted by molar-refractivity contribution is -0.121. The largest absolute Gasteiger partial charge is 0.379 e. The van der Waals surface area contributed by atoms with Gasteiger partial charge in [0.1, 0.15) is 6.04 Å². The summed E-state index contributed by atoms with van der Waals surface area (Å²) in [6.45, 7) is 4.32. The topological polar surface area (TPSA) is 35.6 Å². The van der Waals surface area contributed by atoms with E-state index in [1.807, 2.05) is 12.1 Å². The number of para-hydroxylation sites is 1. The molecule has 0 saturated carbocycles. The summed E-state index contributed by atoms with van der Waals surface area (Å²) in [6.07, 6.45) is 1.79. The SMILES string of the molecule is CCc1ccc(N2C(=O)C3CC4c5ccccc5NC4C(C)N3C2=S)cc1. The number of thiocarbonyl (C=S) groups is 1. The van der Waals surface area contributed by atoms with Crippen molar-refractivity contribution in [1.82, 2.24) is 4.90 Å². The smallest absolute Gasteiger partial charge is 0.256 e. The van der Waals surface area contributed by atoms with Crippen LogP contribution < -0.4 is 10.2 Å². The van der Waals surface area contributed by atoms with Gasteiger partial charge in [-0.25, -0.2) is 0 Å². The van der Waals surface area contributed by atoms with E-state index in [4.69, 9.17) is 12.2 Å². The monoisotopic (exact) mass is 377 g/mol. The molecule has 0 radical (unpaired) electrons. The van der Waals surface area contributed by atoms with Crippen molar-refractivity contribution in [3.05, 3.63) is 59.7 Å². The minimum absolute atomic E-state index is 0.110. The zero-order valence-corrected chi connectivity index (χ0v) is 16.4. The van der Waals surface area contributed by atoms with Gasteiger partial charge in [0.05, 0.1) is 11.7 Å². The number of fused-ring (bicyclic) bond motifs is 4. The van der Waals surface area contributed by atoms with Gasteiger partial charge < -0.3 is 10.2 Å². The molecule has 0 aliphatic carbocycles. The maximum absolute atomic E-state index is 13.3. The van der Waals surface area contributed by atoms with Crippen LogP contribution in [0.3, 0.4) is 0 Å². The third-order valence-electron chi connectivity index (χ3n) is 6.41. The molecule has 138 valence electrons. The van der Waals surface area contributed by atoms with Crippen LogP contribution in [-0.4, -0.2) is 34.0 Å². The van der Waals surface area contributed by atoms with E-state index in [9.17, 15) is 4.79 Å². The first-order valence-electron chi connectivity index (χ1n) is 9.70. The molecule has 2 aromatic rings. The highest BCUT2D eigenvalue weighted by atomic mass is 32.1. The van der Waals surface area contributed by atoms with Crippen molar-refractivity contribution >= 4 is 34.6 Å². The van der Waals surface area contributed by atoms with Gasteiger partial charge in [0.15, 0.2) is 5.11 Å². The number of hydrogen-bond acceptors (Lipinski definition) is 3. The molecule has 5 heteroatoms. The summed E-state index contributed by atoms with van der Waals surface area (Å²) in [6, 6.07) is 16.9. The Morgan fingerprint density at radius 3 is 2.63 bits per heavy atom. The van der Waals surface area contributed by atoms with Crippen molar-refractivity contribution in [3.8, 4) is 0 Å². The maximum Gasteiger partial charge on any atom is 0.256 e. The summed E-state index contributed by atoms with van der Waals surface area (Å²) >= 11 is 5.79. The standard InChI is InChI=1S/C22H23N3OS/c1-3-14-8-10-15(11-9-14)25-21(26)19-12-17-16-6-4-5-7-18(16)23-20(17)13(2)24(19)22(25)27/h4-11,13,17,19-20,23H,3,12H2,1-2H3. The van der Waals surface area contributed by atoms with E-state index in [1.165, 1.54) is 16.8 Å². The molecular formula is C22H23N3OS. The van der Waals surface area contributed by atoms with Gasteiger partial charge >= 0.3 is 0 Å². The van der Waals surface area contributed by atoms with Gasteiger partial charge in [-0.3, -0.25) is 9.69 Å². The number of anilines is 2. The van der Waals surface area contributed by atoms with E-state index < -0.39 is 0 Å². The Labute approximate surface area is 165 Å². The Morgan fingerprint density at radius 1 is 1.15 bits per heavy atom. The fourth-order valence-electron chi connectivity index (χ4n) is 4.97. The van der Waals surface area contributed by atoms with Crippen LogP contribution in [0.5, 0.6) is 0 Å². The van der Waals surface area contributed by atoms with Crippen LogP contribution >= 0.6 is 12.2 Å².